The van der Waals surface area contributed by atoms with E-state index in [0.717, 1.165) is 21.8 Å². The summed E-state index contributed by atoms with van der Waals surface area (Å²) < 4.78 is 33.2. The fourth-order valence-electron chi connectivity index (χ4n) is 2.41. The van der Waals surface area contributed by atoms with Gasteiger partial charge < -0.3 is 4.74 Å². The van der Waals surface area contributed by atoms with Crippen molar-refractivity contribution >= 4 is 27.0 Å². The molecule has 0 aliphatic heterocycles. The lowest BCUT2D eigenvalue weighted by Crippen LogP contribution is -2.14. The van der Waals surface area contributed by atoms with E-state index in [9.17, 15) is 8.42 Å². The zero-order chi connectivity index (χ0) is 18.0. The van der Waals surface area contributed by atoms with Crippen molar-refractivity contribution in [3.8, 4) is 17.0 Å². The van der Waals surface area contributed by atoms with Crippen LogP contribution in [0.15, 0.2) is 52.7 Å². The molecule has 130 valence electrons. The number of rotatable bonds is 5. The first-order chi connectivity index (χ1) is 11.9. The van der Waals surface area contributed by atoms with E-state index in [1.807, 2.05) is 37.4 Å². The van der Waals surface area contributed by atoms with Gasteiger partial charge in [0.2, 0.25) is 0 Å². The average molecular weight is 374 g/mol. The quantitative estimate of drug-likeness (QED) is 0.725. The van der Waals surface area contributed by atoms with Crippen LogP contribution < -0.4 is 9.46 Å². The maximum atomic E-state index is 12.7. The number of aryl methyl sites for hydroxylation is 2. The number of methoxy groups -OCH3 is 1. The molecule has 0 atom stereocenters. The largest absolute Gasteiger partial charge is 0.495 e. The van der Waals surface area contributed by atoms with Gasteiger partial charge in [-0.25, -0.2) is 13.4 Å². The van der Waals surface area contributed by atoms with Crippen LogP contribution in [0.2, 0.25) is 0 Å². The molecule has 0 radical (unpaired) electrons. The third-order valence-corrected chi connectivity index (χ3v) is 5.84. The summed E-state index contributed by atoms with van der Waals surface area (Å²) in [4.78, 5) is 4.55. The Balaban J connectivity index is 1.87. The minimum absolute atomic E-state index is 0.120. The Morgan fingerprint density at radius 1 is 1.08 bits per heavy atom. The molecule has 0 spiro atoms. The molecule has 0 fully saturated rings. The van der Waals surface area contributed by atoms with Crippen LogP contribution in [0.25, 0.3) is 11.3 Å². The highest BCUT2D eigenvalue weighted by Crippen LogP contribution is 2.28. The van der Waals surface area contributed by atoms with E-state index in [2.05, 4.69) is 9.71 Å². The van der Waals surface area contributed by atoms with Crippen molar-refractivity contribution < 1.29 is 13.2 Å². The molecule has 1 heterocycles. The van der Waals surface area contributed by atoms with Gasteiger partial charge in [0.05, 0.1) is 17.8 Å². The van der Waals surface area contributed by atoms with Crippen molar-refractivity contribution in [1.82, 2.24) is 4.98 Å². The average Bonchev–Trinajstić information content (AvgIpc) is 3.01. The van der Waals surface area contributed by atoms with E-state index >= 15 is 0 Å². The van der Waals surface area contributed by atoms with Gasteiger partial charge in [-0.1, -0.05) is 18.2 Å². The number of nitrogens with one attached hydrogen (secondary N) is 1. The first-order valence-corrected chi connectivity index (χ1v) is 9.95. The number of hydrogen-bond acceptors (Lipinski definition) is 5. The van der Waals surface area contributed by atoms with E-state index in [-0.39, 0.29) is 4.90 Å². The molecule has 5 nitrogen and oxygen atoms in total. The standard InChI is InChI=1S/C18H18N2O3S2/c1-12-4-9-17(23-3)18(10-12)25(21,22)20-15-7-5-14(6-8-15)16-11-24-13(2)19-16/h4-11,20H,1-3H3. The van der Waals surface area contributed by atoms with Crippen LogP contribution in [-0.2, 0) is 10.0 Å². The Hall–Kier alpha value is -2.38. The Morgan fingerprint density at radius 2 is 1.80 bits per heavy atom. The van der Waals surface area contributed by atoms with E-state index in [1.54, 1.807) is 35.6 Å². The molecule has 3 aromatic rings. The number of aromatic nitrogens is 1. The van der Waals surface area contributed by atoms with Gasteiger partial charge in [-0.2, -0.15) is 0 Å². The molecule has 3 rings (SSSR count). The summed E-state index contributed by atoms with van der Waals surface area (Å²) in [5, 5.41) is 2.97. The van der Waals surface area contributed by atoms with Gasteiger partial charge in [-0.3, -0.25) is 4.72 Å². The summed E-state index contributed by atoms with van der Waals surface area (Å²) in [7, 11) is -2.29. The van der Waals surface area contributed by atoms with Gasteiger partial charge in [0.15, 0.2) is 0 Å². The van der Waals surface area contributed by atoms with E-state index in [1.165, 1.54) is 7.11 Å². The van der Waals surface area contributed by atoms with Gasteiger partial charge in [0.25, 0.3) is 10.0 Å². The molecule has 0 saturated heterocycles. The number of hydrogen-bond donors (Lipinski definition) is 1. The first-order valence-electron chi connectivity index (χ1n) is 7.59. The molecule has 0 saturated carbocycles. The Kier molecular flexibility index (Phi) is 4.78. The van der Waals surface area contributed by atoms with Crippen molar-refractivity contribution in [2.24, 2.45) is 0 Å². The molecule has 0 bridgehead atoms. The van der Waals surface area contributed by atoms with Crippen molar-refractivity contribution in [2.45, 2.75) is 18.7 Å². The van der Waals surface area contributed by atoms with Crippen LogP contribution >= 0.6 is 11.3 Å². The van der Waals surface area contributed by atoms with Crippen molar-refractivity contribution in [3.63, 3.8) is 0 Å². The zero-order valence-electron chi connectivity index (χ0n) is 14.1. The summed E-state index contributed by atoms with van der Waals surface area (Å²) in [6.07, 6.45) is 0. The molecule has 1 aromatic heterocycles. The highest BCUT2D eigenvalue weighted by molar-refractivity contribution is 7.92. The summed E-state index contributed by atoms with van der Waals surface area (Å²) in [6.45, 7) is 3.79. The predicted octanol–water partition coefficient (Wildman–Crippen LogP) is 4.24. The number of anilines is 1. The minimum Gasteiger partial charge on any atom is -0.495 e. The second kappa shape index (κ2) is 6.85. The van der Waals surface area contributed by atoms with Crippen LogP contribution in [0.3, 0.4) is 0 Å². The molecule has 0 unspecified atom stereocenters. The second-order valence-corrected chi connectivity index (χ2v) is 8.30. The van der Waals surface area contributed by atoms with Crippen LogP contribution in [0, 0.1) is 13.8 Å². The van der Waals surface area contributed by atoms with E-state index < -0.39 is 10.0 Å². The Bertz CT molecular complexity index is 993. The lowest BCUT2D eigenvalue weighted by atomic mass is 10.1. The molecule has 1 N–H and O–H groups in total. The van der Waals surface area contributed by atoms with Gasteiger partial charge in [-0.05, 0) is 43.7 Å². The van der Waals surface area contributed by atoms with Crippen LogP contribution in [-0.4, -0.2) is 20.5 Å². The number of nitrogens with zero attached hydrogens (tertiary/aromatic N) is 1. The molecule has 0 aliphatic carbocycles. The van der Waals surface area contributed by atoms with Crippen molar-refractivity contribution in [2.75, 3.05) is 11.8 Å². The lowest BCUT2D eigenvalue weighted by molar-refractivity contribution is 0.402. The summed E-state index contributed by atoms with van der Waals surface area (Å²) in [5.74, 6) is 0.313. The monoisotopic (exact) mass is 374 g/mol. The van der Waals surface area contributed by atoms with Crippen LogP contribution in [0.1, 0.15) is 10.6 Å². The van der Waals surface area contributed by atoms with Crippen molar-refractivity contribution in [3.05, 3.63) is 58.4 Å². The molecule has 25 heavy (non-hydrogen) atoms. The first kappa shape index (κ1) is 17.4. The zero-order valence-corrected chi connectivity index (χ0v) is 15.7. The topological polar surface area (TPSA) is 68.3 Å². The third-order valence-electron chi connectivity index (χ3n) is 3.66. The summed E-state index contributed by atoms with van der Waals surface area (Å²) >= 11 is 1.58. The normalized spacial score (nSPS) is 11.3. The lowest BCUT2D eigenvalue weighted by Gasteiger charge is -2.12. The van der Waals surface area contributed by atoms with Gasteiger partial charge in [-0.15, -0.1) is 11.3 Å². The SMILES string of the molecule is COc1ccc(C)cc1S(=O)(=O)Nc1ccc(-c2csc(C)n2)cc1. The Morgan fingerprint density at radius 3 is 2.40 bits per heavy atom. The highest BCUT2D eigenvalue weighted by Gasteiger charge is 2.20. The minimum atomic E-state index is -3.74. The van der Waals surface area contributed by atoms with Crippen LogP contribution in [0.5, 0.6) is 5.75 Å². The summed E-state index contributed by atoms with van der Waals surface area (Å²) in [5.41, 5.74) is 3.16. The molecule has 0 aliphatic rings. The van der Waals surface area contributed by atoms with Crippen LogP contribution in [0.4, 0.5) is 5.69 Å². The number of thiazole rings is 1. The van der Waals surface area contributed by atoms with Gasteiger partial charge >= 0.3 is 0 Å². The molecule has 0 amide bonds. The third kappa shape index (κ3) is 3.83. The van der Waals surface area contributed by atoms with Gasteiger partial charge in [0, 0.05) is 16.6 Å². The number of ether oxygens (including phenoxy) is 1. The number of sulfonamides is 1. The Labute approximate surface area is 151 Å². The maximum absolute atomic E-state index is 12.7. The molecule has 2 aromatic carbocycles. The van der Waals surface area contributed by atoms with E-state index in [0.29, 0.717) is 11.4 Å². The van der Waals surface area contributed by atoms with E-state index in [4.69, 9.17) is 4.74 Å². The highest BCUT2D eigenvalue weighted by atomic mass is 32.2. The maximum Gasteiger partial charge on any atom is 0.265 e. The fraction of sp³-hybridized carbons (Fsp3) is 0.167. The molecular weight excluding hydrogens is 356 g/mol. The predicted molar refractivity (Wildman–Crippen MR) is 101 cm³/mol. The summed E-state index contributed by atoms with van der Waals surface area (Å²) in [6, 6.07) is 12.2. The fourth-order valence-corrected chi connectivity index (χ4v) is 4.34. The molecular formula is C18H18N2O3S2. The number of benzene rings is 2. The molecule has 7 heteroatoms. The second-order valence-electron chi connectivity index (χ2n) is 5.59. The van der Waals surface area contributed by atoms with Crippen molar-refractivity contribution in [1.29, 1.82) is 0 Å². The van der Waals surface area contributed by atoms with Gasteiger partial charge in [0.1, 0.15) is 10.6 Å². The smallest absolute Gasteiger partial charge is 0.265 e.